The van der Waals surface area contributed by atoms with Gasteiger partial charge in [0.2, 0.25) is 41.4 Å². The number of methoxy groups -OCH3 is 3. The van der Waals surface area contributed by atoms with E-state index >= 15 is 0 Å². The Morgan fingerprint density at radius 1 is 0.597 bits per heavy atom. The molecule has 0 radical (unpaired) electrons. The van der Waals surface area contributed by atoms with Gasteiger partial charge in [-0.25, -0.2) is 19.2 Å². The quantitative estimate of drug-likeness (QED) is 0.0257. The number of carboxylic acids is 1. The molecule has 4 bridgehead atoms. The molecular formula is C100H164ClN11O36S. The number of aliphatic hydroxyl groups is 1. The average Bonchev–Trinajstić information content (AvgIpc) is 1.57. The summed E-state index contributed by atoms with van der Waals surface area (Å²) >= 11 is 7.89. The topological polar surface area (TPSA) is 598 Å². The average molecular weight is 2160 g/mol. The van der Waals surface area contributed by atoms with Gasteiger partial charge < -0.3 is 173 Å². The minimum absolute atomic E-state index is 0.0215. The van der Waals surface area contributed by atoms with Gasteiger partial charge in [0.05, 0.1) is 255 Å². The number of urea groups is 1. The van der Waals surface area contributed by atoms with Crippen LogP contribution in [0.2, 0.25) is 5.02 Å². The third-order valence-corrected chi connectivity index (χ3v) is 25.1. The molecule has 14 N–H and O–H groups in total. The number of phenols is 1. The monoisotopic (exact) mass is 2160 g/mol. The van der Waals surface area contributed by atoms with Crippen LogP contribution >= 0.6 is 23.4 Å². The number of esters is 1. The first-order valence-electron chi connectivity index (χ1n) is 50.7. The van der Waals surface area contributed by atoms with E-state index in [0.717, 1.165) is 27.8 Å². The largest absolute Gasteiger partial charge is 0.508 e. The fraction of sp³-hybridized carbons (Fsp3) is 0.730. The van der Waals surface area contributed by atoms with Gasteiger partial charge in [0.1, 0.15) is 64.6 Å². The molecule has 3 heterocycles. The predicted molar refractivity (Wildman–Crippen MR) is 546 cm³/mol. The van der Waals surface area contributed by atoms with Gasteiger partial charge >= 0.3 is 24.1 Å². The van der Waals surface area contributed by atoms with Crippen molar-refractivity contribution in [2.45, 2.75) is 184 Å². The number of primary amides is 1. The lowest BCUT2D eigenvalue weighted by molar-refractivity contribution is -0.162. The van der Waals surface area contributed by atoms with Crippen LogP contribution in [0.1, 0.15) is 116 Å². The number of fused-ring (bicyclic) bond motifs is 5. The van der Waals surface area contributed by atoms with Crippen molar-refractivity contribution in [1.82, 2.24) is 42.1 Å². The fourth-order valence-corrected chi connectivity index (χ4v) is 16.1. The van der Waals surface area contributed by atoms with Gasteiger partial charge in [0.15, 0.2) is 5.72 Å². The third-order valence-electron chi connectivity index (χ3n) is 23.8. The molecular weight excluding hydrogens is 2000 g/mol. The summed E-state index contributed by atoms with van der Waals surface area (Å²) in [6, 6.07) is 1.84. The second kappa shape index (κ2) is 78.3. The summed E-state index contributed by atoms with van der Waals surface area (Å²) < 4.78 is 123. The highest BCUT2D eigenvalue weighted by Gasteiger charge is 2.65. The highest BCUT2D eigenvalue weighted by atomic mass is 35.5. The Morgan fingerprint density at radius 2 is 1.05 bits per heavy atom. The number of rotatable bonds is 84. The number of nitrogens with one attached hydrogen (secondary N) is 7. The summed E-state index contributed by atoms with van der Waals surface area (Å²) in [6.07, 6.45) is 1.13. The van der Waals surface area contributed by atoms with E-state index in [4.69, 9.17) is 127 Å². The number of benzene rings is 2. The van der Waals surface area contributed by atoms with Crippen molar-refractivity contribution < 1.29 is 172 Å². The Labute approximate surface area is 882 Å². The van der Waals surface area contributed by atoms with Crippen molar-refractivity contribution in [1.29, 1.82) is 0 Å². The SMILES string of the molecule is COCCOCCOCCOCCOCCOCCOCCOCCOCCOCCOCCOCCOCCOCCOCCOCCOCCC(=O)NCCCC[C@H](N)C(=O)NCCCC[C@H](NC(=O)[C@H](CCCNC(N)=O)NC(=O)CSCCC(=O)N(C)[C@@H](C)C(=O)O[C@H]1CC(=O)N(C)c2cc(cc(OC)c2Cl)C/C(C)=C/C=C/[C@@H](OC)[C@@]2(O)C[C@H](OC(=O)N2)[C@@H](C)[C@@H]2O[C@@]12C)C(=O)N[C@@H](Cc1ccc(O)cc1)C(=O)O. The number of likely N-dealkylation sites (N-methyl/N-ethyl adjacent to an activating group) is 1. The number of aliphatic carboxylic acids is 1. The van der Waals surface area contributed by atoms with Gasteiger partial charge in [-0.1, -0.05) is 54.5 Å². The lowest BCUT2D eigenvalue weighted by atomic mass is 9.83. The van der Waals surface area contributed by atoms with Crippen LogP contribution < -0.4 is 58.3 Å². The number of phenolic OH excluding ortho intramolecular Hbond substituents is 1. The zero-order chi connectivity index (χ0) is 109. The van der Waals surface area contributed by atoms with E-state index in [0.29, 0.717) is 243 Å². The van der Waals surface area contributed by atoms with Gasteiger partial charge in [0.25, 0.3) is 0 Å². The lowest BCUT2D eigenvalue weighted by Gasteiger charge is -2.42. The number of anilines is 1. The van der Waals surface area contributed by atoms with E-state index in [1.54, 1.807) is 45.2 Å². The number of ether oxygens (including phenoxy) is 22. The van der Waals surface area contributed by atoms with Crippen LogP contribution in [0.4, 0.5) is 15.3 Å². The number of unbranched alkanes of at least 4 members (excludes halogenated alkanes) is 2. The fourth-order valence-electron chi connectivity index (χ4n) is 15.1. The van der Waals surface area contributed by atoms with Gasteiger partial charge in [-0.3, -0.25) is 38.9 Å². The van der Waals surface area contributed by atoms with E-state index in [1.807, 2.05) is 13.0 Å². The maximum Gasteiger partial charge on any atom is 0.409 e. The number of thioether (sulfide) groups is 1. The number of amides is 10. The molecule has 0 spiro atoms. The minimum atomic E-state index is -1.95. The normalized spacial score (nSPS) is 19.3. The summed E-state index contributed by atoms with van der Waals surface area (Å²) in [5.74, 6) is -7.27. The Hall–Kier alpha value is -8.91. The molecule has 12 atom stereocenters. The number of hydrogen-bond acceptors (Lipinski definition) is 37. The minimum Gasteiger partial charge on any atom is -0.508 e. The van der Waals surface area contributed by atoms with Crippen molar-refractivity contribution in [3.05, 3.63) is 76.3 Å². The third kappa shape index (κ3) is 56.0. The number of nitrogens with two attached hydrogens (primary N) is 2. The number of carboxylic acid groups (broad SMARTS) is 1. The number of carbonyl (C=O) groups is 11. The number of aromatic hydroxyl groups is 1. The van der Waals surface area contributed by atoms with Gasteiger partial charge in [0, 0.05) is 85.3 Å². The molecule has 149 heavy (non-hydrogen) atoms. The summed E-state index contributed by atoms with van der Waals surface area (Å²) in [5, 5.41) is 50.7. The lowest BCUT2D eigenvalue weighted by Crippen LogP contribution is -2.63. The number of carbonyl (C=O) groups excluding carboxylic acids is 10. The van der Waals surface area contributed by atoms with Crippen molar-refractivity contribution >= 4 is 94.5 Å². The van der Waals surface area contributed by atoms with Crippen LogP contribution in [0, 0.1) is 5.92 Å². The first-order valence-corrected chi connectivity index (χ1v) is 52.3. The number of epoxide rings is 1. The van der Waals surface area contributed by atoms with Gasteiger partial charge in [-0.2, -0.15) is 11.8 Å². The molecule has 0 unspecified atom stereocenters. The maximum absolute atomic E-state index is 14.6. The van der Waals surface area contributed by atoms with Gasteiger partial charge in [-0.15, -0.1) is 0 Å². The first kappa shape index (κ1) is 131. The van der Waals surface area contributed by atoms with E-state index in [2.05, 4.69) is 37.2 Å². The highest BCUT2D eigenvalue weighted by molar-refractivity contribution is 7.99. The molecule has 3 aliphatic heterocycles. The molecule has 848 valence electrons. The zero-order valence-corrected chi connectivity index (χ0v) is 89.5. The molecule has 3 aliphatic rings. The summed E-state index contributed by atoms with van der Waals surface area (Å²) in [5.41, 5.74) is 10.5. The van der Waals surface area contributed by atoms with Crippen molar-refractivity contribution in [2.24, 2.45) is 17.4 Å². The van der Waals surface area contributed by atoms with Crippen LogP contribution in [0.15, 0.2) is 60.2 Å². The Bertz CT molecular complexity index is 4220. The van der Waals surface area contributed by atoms with E-state index in [-0.39, 0.29) is 124 Å². The molecule has 2 fully saturated rings. The smallest absolute Gasteiger partial charge is 0.409 e. The van der Waals surface area contributed by atoms with Crippen molar-refractivity contribution in [3.63, 3.8) is 0 Å². The maximum atomic E-state index is 14.6. The highest BCUT2D eigenvalue weighted by Crippen LogP contribution is 2.49. The Morgan fingerprint density at radius 3 is 1.53 bits per heavy atom. The van der Waals surface area contributed by atoms with E-state index < -0.39 is 138 Å². The summed E-state index contributed by atoms with van der Waals surface area (Å²) in [7, 11) is 7.34. The molecule has 2 saturated heterocycles. The molecule has 0 aromatic heterocycles. The standard InChI is InChI=1S/C100H164ClN11O36S/c1-71-16-14-20-84(129-9)100(126)69-83(146-98(125)110-100)72(2)91-99(4,148-91)85(68-89(117)112(6)81-66-75(64-71)67-82(128-8)90(81)101)147-96(123)73(3)111(5)88(116)26-63-149-70-87(115)107-78(19-15-29-106-97(103)124)93(119)108-79(94(120)109-80(95(121)122)65-74-21-23-76(113)24-22-74)18-11-13-28-105-92(118)77(102)17-10-12-27-104-86(114)25-30-130-33-34-132-37-38-134-41-42-136-45-46-138-49-50-140-53-54-142-57-58-144-61-62-145-60-59-143-56-55-141-52-51-139-48-47-137-44-43-135-40-39-133-36-35-131-32-31-127-7/h14,16,20-24,66-67,72-73,77-80,83-85,91,113,126H,10-13,15,17-19,25-65,68-70,102H2,1-9H3,(H,104,114)(H,105,118)(H,107,115)(H,108,119)(H,109,120)(H,110,125)(H,121,122)(H3,103,106,124)/b20-14+,71-16+/t72-,73+,77+,78+,79+,80+,83+,84-,85+,91+,99+,100+/m1/s1. The molecule has 49 heteroatoms. The Balaban J connectivity index is 0.915. The zero-order valence-electron chi connectivity index (χ0n) is 87.9. The van der Waals surface area contributed by atoms with Crippen LogP contribution in [0.25, 0.3) is 0 Å². The van der Waals surface area contributed by atoms with Crippen molar-refractivity contribution in [2.75, 3.05) is 289 Å². The second-order valence-corrected chi connectivity index (χ2v) is 36.9. The van der Waals surface area contributed by atoms with Crippen molar-refractivity contribution in [3.8, 4) is 11.5 Å². The Kier molecular flexibility index (Phi) is 68.6. The number of alkyl carbamates (subject to hydrolysis) is 1. The van der Waals surface area contributed by atoms with E-state index in [9.17, 15) is 68.1 Å². The van der Waals surface area contributed by atoms with Crippen LogP contribution in [0.5, 0.6) is 11.5 Å². The predicted octanol–water partition coefficient (Wildman–Crippen LogP) is 2.78. The first-order chi connectivity index (χ1) is 71.8. The molecule has 47 nitrogen and oxygen atoms in total. The number of allylic oxidation sites excluding steroid dienone is 3. The second-order valence-electron chi connectivity index (χ2n) is 35.4. The molecule has 2 aromatic rings. The van der Waals surface area contributed by atoms with Crippen LogP contribution in [-0.4, -0.2) is 436 Å². The number of hydrogen-bond donors (Lipinski definition) is 12. The summed E-state index contributed by atoms with van der Waals surface area (Å²) in [6.45, 7) is 21.6. The molecule has 0 aliphatic carbocycles. The van der Waals surface area contributed by atoms with Crippen LogP contribution in [0.3, 0.4) is 0 Å². The van der Waals surface area contributed by atoms with E-state index in [1.165, 1.54) is 64.4 Å². The molecule has 10 amide bonds. The van der Waals surface area contributed by atoms with Crippen LogP contribution in [-0.2, 0) is 155 Å². The molecule has 2 aromatic carbocycles. The number of halogens is 1. The molecule has 5 rings (SSSR count). The molecule has 0 saturated carbocycles. The van der Waals surface area contributed by atoms with Gasteiger partial charge in [-0.05, 0) is 114 Å². The number of nitrogens with zero attached hydrogens (tertiary/aromatic N) is 2. The summed E-state index contributed by atoms with van der Waals surface area (Å²) in [4.78, 5) is 151.